The standard InChI is InChI=1S/C16H14N4O2.C7H7N.Ni/c1-11-15(18-17-13-9-5-6-10-14(13)21)16(22)20(19-11)12-7-3-2-4-8-12;1-2-7-3-5-8-6-4-7;/h2-10,15,21H,1H3;2-6H,1H2;/q;;+2. The Balaban J connectivity index is 0.000000322. The Kier molecular flexibility index (Phi) is 8.79. The summed E-state index contributed by atoms with van der Waals surface area (Å²) in [5.41, 5.74) is 2.68. The van der Waals surface area contributed by atoms with Crippen molar-refractivity contribution >= 4 is 29.1 Å². The van der Waals surface area contributed by atoms with E-state index in [2.05, 4.69) is 26.9 Å². The van der Waals surface area contributed by atoms with Crippen LogP contribution in [0.2, 0.25) is 0 Å². The van der Waals surface area contributed by atoms with Crippen molar-refractivity contribution in [2.24, 2.45) is 15.3 Å². The zero-order valence-electron chi connectivity index (χ0n) is 16.8. The first kappa shape index (κ1) is 23.6. The quantitative estimate of drug-likeness (QED) is 0.441. The first-order valence-corrected chi connectivity index (χ1v) is 9.25. The molecule has 2 heterocycles. The van der Waals surface area contributed by atoms with E-state index in [1.807, 2.05) is 30.3 Å². The molecule has 1 aliphatic rings. The maximum absolute atomic E-state index is 12.4. The number of carbonyl (C=O) groups is 1. The minimum atomic E-state index is -0.764. The molecule has 1 atom stereocenters. The third kappa shape index (κ3) is 6.17. The number of azo groups is 1. The van der Waals surface area contributed by atoms with Crippen LogP contribution in [0.5, 0.6) is 5.75 Å². The Morgan fingerprint density at radius 2 is 1.68 bits per heavy atom. The van der Waals surface area contributed by atoms with Gasteiger partial charge < -0.3 is 5.11 Å². The summed E-state index contributed by atoms with van der Waals surface area (Å²) >= 11 is 0. The summed E-state index contributed by atoms with van der Waals surface area (Å²) in [6.07, 6.45) is 5.29. The van der Waals surface area contributed by atoms with E-state index in [9.17, 15) is 9.90 Å². The van der Waals surface area contributed by atoms with Crippen LogP contribution in [0.25, 0.3) is 6.08 Å². The molecule has 0 bridgehead atoms. The predicted molar refractivity (Wildman–Crippen MR) is 118 cm³/mol. The van der Waals surface area contributed by atoms with Gasteiger partial charge in [0, 0.05) is 12.4 Å². The number of amides is 1. The van der Waals surface area contributed by atoms with Gasteiger partial charge in [-0.2, -0.15) is 20.3 Å². The molecule has 2 aromatic carbocycles. The average molecular weight is 458 g/mol. The number of pyridine rings is 1. The zero-order valence-corrected chi connectivity index (χ0v) is 17.8. The van der Waals surface area contributed by atoms with Crippen LogP contribution < -0.4 is 5.01 Å². The number of rotatable bonds is 4. The summed E-state index contributed by atoms with van der Waals surface area (Å²) < 4.78 is 0. The molecule has 1 aromatic heterocycles. The number of benzene rings is 2. The van der Waals surface area contributed by atoms with E-state index in [1.165, 1.54) is 11.1 Å². The van der Waals surface area contributed by atoms with Crippen LogP contribution >= 0.6 is 0 Å². The van der Waals surface area contributed by atoms with Crippen molar-refractivity contribution in [3.8, 4) is 5.75 Å². The third-order valence-electron chi connectivity index (χ3n) is 4.20. The third-order valence-corrected chi connectivity index (χ3v) is 4.20. The topological polar surface area (TPSA) is 90.5 Å². The van der Waals surface area contributed by atoms with E-state index in [0.717, 1.165) is 5.56 Å². The van der Waals surface area contributed by atoms with Gasteiger partial charge in [-0.15, -0.1) is 0 Å². The number of hydrogen-bond acceptors (Lipinski definition) is 6. The van der Waals surface area contributed by atoms with Gasteiger partial charge in [-0.1, -0.05) is 43.0 Å². The maximum Gasteiger partial charge on any atom is 2.00 e. The molecule has 1 N–H and O–H groups in total. The summed E-state index contributed by atoms with van der Waals surface area (Å²) in [6, 6.07) is 18.8. The Bertz CT molecular complexity index is 1070. The number of anilines is 1. The second-order valence-corrected chi connectivity index (χ2v) is 6.32. The van der Waals surface area contributed by atoms with E-state index >= 15 is 0 Å². The molecular formula is C23H21N5NiO2+2. The van der Waals surface area contributed by atoms with E-state index in [0.29, 0.717) is 17.1 Å². The molecule has 0 radical (unpaired) electrons. The molecule has 1 aliphatic heterocycles. The number of nitrogens with zero attached hydrogens (tertiary/aromatic N) is 5. The summed E-state index contributed by atoms with van der Waals surface area (Å²) in [6.45, 7) is 5.33. The summed E-state index contributed by atoms with van der Waals surface area (Å²) in [4.78, 5) is 16.3. The molecule has 0 saturated heterocycles. The van der Waals surface area contributed by atoms with Gasteiger partial charge in [0.25, 0.3) is 5.91 Å². The molecule has 3 aromatic rings. The Morgan fingerprint density at radius 1 is 1.03 bits per heavy atom. The van der Waals surface area contributed by atoms with Crippen LogP contribution in [0.3, 0.4) is 0 Å². The SMILES string of the molecule is C=Cc1ccncc1.CC1=NN(c2ccccc2)C(=O)C1N=Nc1ccccc1O.[Ni+2]. The number of phenolic OH excluding ortho intramolecular Hbond substituents is 1. The summed E-state index contributed by atoms with van der Waals surface area (Å²) in [7, 11) is 0. The molecule has 0 aliphatic carbocycles. The van der Waals surface area contributed by atoms with Crippen LogP contribution in [0.4, 0.5) is 11.4 Å². The summed E-state index contributed by atoms with van der Waals surface area (Å²) in [5, 5.41) is 23.2. The number of hydrogen-bond donors (Lipinski definition) is 1. The van der Waals surface area contributed by atoms with Crippen molar-refractivity contribution in [2.75, 3.05) is 5.01 Å². The monoisotopic (exact) mass is 457 g/mol. The molecule has 1 amide bonds. The number of phenols is 1. The fraction of sp³-hybridized carbons (Fsp3) is 0.0870. The normalized spacial score (nSPS) is 15.0. The Labute approximate surface area is 190 Å². The van der Waals surface area contributed by atoms with Crippen molar-refractivity contribution in [2.45, 2.75) is 13.0 Å². The average Bonchev–Trinajstić information content (AvgIpc) is 3.08. The minimum absolute atomic E-state index is 0. The number of hydrazone groups is 1. The molecule has 1 unspecified atom stereocenters. The van der Waals surface area contributed by atoms with Crippen LogP contribution in [-0.4, -0.2) is 27.8 Å². The zero-order chi connectivity index (χ0) is 21.3. The molecular weight excluding hydrogens is 437 g/mol. The van der Waals surface area contributed by atoms with E-state index in [1.54, 1.807) is 55.7 Å². The first-order valence-electron chi connectivity index (χ1n) is 9.25. The smallest absolute Gasteiger partial charge is 0.506 e. The Morgan fingerprint density at radius 3 is 2.29 bits per heavy atom. The molecule has 158 valence electrons. The van der Waals surface area contributed by atoms with Gasteiger partial charge in [-0.25, -0.2) is 0 Å². The van der Waals surface area contributed by atoms with Gasteiger partial charge in [0.1, 0.15) is 11.4 Å². The van der Waals surface area contributed by atoms with E-state index < -0.39 is 6.04 Å². The second-order valence-electron chi connectivity index (χ2n) is 6.32. The maximum atomic E-state index is 12.4. The molecule has 0 fully saturated rings. The van der Waals surface area contributed by atoms with Gasteiger partial charge in [-0.3, -0.25) is 9.78 Å². The molecule has 31 heavy (non-hydrogen) atoms. The minimum Gasteiger partial charge on any atom is -0.506 e. The van der Waals surface area contributed by atoms with Gasteiger partial charge in [0.15, 0.2) is 6.04 Å². The number of carbonyl (C=O) groups excluding carboxylic acids is 1. The number of aromatic hydroxyl groups is 1. The summed E-state index contributed by atoms with van der Waals surface area (Å²) in [5.74, 6) is -0.242. The molecule has 4 rings (SSSR count). The molecule has 8 heteroatoms. The second kappa shape index (κ2) is 11.5. The van der Waals surface area contributed by atoms with Gasteiger partial charge in [0.2, 0.25) is 0 Å². The van der Waals surface area contributed by atoms with Crippen LogP contribution in [0.15, 0.2) is 101 Å². The van der Waals surface area contributed by atoms with E-state index in [-0.39, 0.29) is 28.1 Å². The first-order chi connectivity index (χ1) is 14.6. The van der Waals surface area contributed by atoms with Crippen molar-refractivity contribution in [3.05, 3.63) is 91.3 Å². The van der Waals surface area contributed by atoms with Crippen molar-refractivity contribution in [3.63, 3.8) is 0 Å². The molecule has 0 spiro atoms. The fourth-order valence-electron chi connectivity index (χ4n) is 2.61. The van der Waals surface area contributed by atoms with Crippen LogP contribution in [-0.2, 0) is 21.3 Å². The fourth-order valence-corrected chi connectivity index (χ4v) is 2.61. The Hall–Kier alpha value is -3.64. The number of para-hydroxylation sites is 2. The van der Waals surface area contributed by atoms with Crippen LogP contribution in [0.1, 0.15) is 12.5 Å². The van der Waals surface area contributed by atoms with Crippen molar-refractivity contribution < 1.29 is 26.4 Å². The van der Waals surface area contributed by atoms with Crippen LogP contribution in [0, 0.1) is 0 Å². The van der Waals surface area contributed by atoms with Crippen molar-refractivity contribution in [1.82, 2.24) is 4.98 Å². The van der Waals surface area contributed by atoms with E-state index in [4.69, 9.17) is 0 Å². The van der Waals surface area contributed by atoms with Crippen molar-refractivity contribution in [1.29, 1.82) is 0 Å². The van der Waals surface area contributed by atoms with Gasteiger partial charge >= 0.3 is 16.5 Å². The predicted octanol–water partition coefficient (Wildman–Crippen LogP) is 4.99. The molecule has 7 nitrogen and oxygen atoms in total. The van der Waals surface area contributed by atoms with Gasteiger partial charge in [0.05, 0.1) is 11.4 Å². The number of aromatic nitrogens is 1. The largest absolute Gasteiger partial charge is 2.00 e. The van der Waals surface area contributed by atoms with Gasteiger partial charge in [-0.05, 0) is 48.9 Å². The molecule has 0 saturated carbocycles.